The summed E-state index contributed by atoms with van der Waals surface area (Å²) in [7, 11) is 1.98. The standard InChI is InChI=1S/C10H12N2S.Zn/c1-6-4-5-8-9(7(6)2)11-10(13)12(8)3;/h4-5H,1-3H3,(H,11,13);. The Kier molecular flexibility index (Phi) is 3.38. The molecule has 0 unspecified atom stereocenters. The third-order valence-electron chi connectivity index (χ3n) is 2.55. The van der Waals surface area contributed by atoms with E-state index in [-0.39, 0.29) is 19.5 Å². The molecule has 0 fully saturated rings. The number of hydrogen-bond acceptors (Lipinski definition) is 2. The van der Waals surface area contributed by atoms with Crippen LogP contribution >= 0.6 is 12.6 Å². The number of thiol groups is 1. The molecule has 4 heteroatoms. The van der Waals surface area contributed by atoms with Crippen LogP contribution in [-0.2, 0) is 26.5 Å². The molecule has 0 atom stereocenters. The van der Waals surface area contributed by atoms with E-state index < -0.39 is 0 Å². The van der Waals surface area contributed by atoms with Crippen LogP contribution in [0.3, 0.4) is 0 Å². The maximum atomic E-state index is 4.40. The maximum Gasteiger partial charge on any atom is 0.165 e. The molecule has 2 aromatic rings. The van der Waals surface area contributed by atoms with Crippen molar-refractivity contribution in [3.05, 3.63) is 23.3 Å². The third-order valence-corrected chi connectivity index (χ3v) is 2.95. The molecule has 2 nitrogen and oxygen atoms in total. The topological polar surface area (TPSA) is 17.8 Å². The Morgan fingerprint density at radius 2 is 1.93 bits per heavy atom. The van der Waals surface area contributed by atoms with Gasteiger partial charge in [-0.15, -0.1) is 12.6 Å². The molecule has 0 saturated carbocycles. The smallest absolute Gasteiger partial charge is 0.165 e. The molecule has 0 aliphatic carbocycles. The summed E-state index contributed by atoms with van der Waals surface area (Å²) < 4.78 is 1.99. The largest absolute Gasteiger partial charge is 0.322 e. The summed E-state index contributed by atoms with van der Waals surface area (Å²) in [5.74, 6) is 0. The molecular formula is C10H12N2SZn. The summed E-state index contributed by atoms with van der Waals surface area (Å²) in [5, 5.41) is 0.767. The Balaban J connectivity index is 0.000000980. The van der Waals surface area contributed by atoms with Gasteiger partial charge >= 0.3 is 0 Å². The molecule has 1 aromatic carbocycles. The molecule has 0 radical (unpaired) electrons. The van der Waals surface area contributed by atoms with Gasteiger partial charge in [0.05, 0.1) is 11.0 Å². The molecule has 14 heavy (non-hydrogen) atoms. The second kappa shape index (κ2) is 4.03. The van der Waals surface area contributed by atoms with Crippen LogP contribution in [-0.4, -0.2) is 9.55 Å². The number of rotatable bonds is 0. The van der Waals surface area contributed by atoms with E-state index >= 15 is 0 Å². The Labute approximate surface area is 102 Å². The average molecular weight is 258 g/mol. The van der Waals surface area contributed by atoms with Crippen LogP contribution in [0.5, 0.6) is 0 Å². The third kappa shape index (κ3) is 1.61. The second-order valence-corrected chi connectivity index (χ2v) is 3.75. The molecule has 0 N–H and O–H groups in total. The van der Waals surface area contributed by atoms with E-state index in [2.05, 4.69) is 43.6 Å². The SMILES string of the molecule is Cc1ccc2c(nc(S)n2C)c1C.[Zn]. The van der Waals surface area contributed by atoms with Gasteiger partial charge in [0.2, 0.25) is 0 Å². The van der Waals surface area contributed by atoms with Crippen molar-refractivity contribution in [1.82, 2.24) is 9.55 Å². The average Bonchev–Trinajstić information content (AvgIpc) is 2.38. The molecule has 0 spiro atoms. The predicted molar refractivity (Wildman–Crippen MR) is 57.4 cm³/mol. The Morgan fingerprint density at radius 3 is 2.57 bits per heavy atom. The van der Waals surface area contributed by atoms with E-state index in [0.717, 1.165) is 16.2 Å². The Morgan fingerprint density at radius 1 is 1.29 bits per heavy atom. The monoisotopic (exact) mass is 256 g/mol. The number of fused-ring (bicyclic) bond motifs is 1. The molecule has 0 bridgehead atoms. The molecule has 1 heterocycles. The summed E-state index contributed by atoms with van der Waals surface area (Å²) in [6.07, 6.45) is 0. The van der Waals surface area contributed by atoms with E-state index in [9.17, 15) is 0 Å². The van der Waals surface area contributed by atoms with Crippen LogP contribution in [0.25, 0.3) is 11.0 Å². The second-order valence-electron chi connectivity index (χ2n) is 3.35. The minimum Gasteiger partial charge on any atom is -0.322 e. The fourth-order valence-corrected chi connectivity index (χ4v) is 1.69. The number of nitrogens with zero attached hydrogens (tertiary/aromatic N) is 2. The van der Waals surface area contributed by atoms with Gasteiger partial charge in [-0.3, -0.25) is 0 Å². The van der Waals surface area contributed by atoms with Crippen molar-refractivity contribution in [2.75, 3.05) is 0 Å². The molecular weight excluding hydrogens is 246 g/mol. The number of benzene rings is 1. The molecule has 70 valence electrons. The van der Waals surface area contributed by atoms with E-state index in [4.69, 9.17) is 0 Å². The van der Waals surface area contributed by atoms with Gasteiger partial charge in [-0.1, -0.05) is 6.07 Å². The first-order chi connectivity index (χ1) is 6.11. The zero-order valence-corrected chi connectivity index (χ0v) is 12.6. The first kappa shape index (κ1) is 11.7. The van der Waals surface area contributed by atoms with Gasteiger partial charge in [0.25, 0.3) is 0 Å². The summed E-state index contributed by atoms with van der Waals surface area (Å²) in [6.45, 7) is 4.19. The normalized spacial score (nSPS) is 10.3. The quantitative estimate of drug-likeness (QED) is 0.567. The first-order valence-electron chi connectivity index (χ1n) is 4.23. The van der Waals surface area contributed by atoms with Crippen LogP contribution in [0.15, 0.2) is 17.3 Å². The predicted octanol–water partition coefficient (Wildman–Crippen LogP) is 2.48. The van der Waals surface area contributed by atoms with Crippen molar-refractivity contribution in [3.63, 3.8) is 0 Å². The van der Waals surface area contributed by atoms with Gasteiger partial charge in [0.15, 0.2) is 5.16 Å². The summed E-state index contributed by atoms with van der Waals surface area (Å²) >= 11 is 4.29. The van der Waals surface area contributed by atoms with Crippen molar-refractivity contribution in [2.24, 2.45) is 7.05 Å². The van der Waals surface area contributed by atoms with Crippen LogP contribution < -0.4 is 0 Å². The molecule has 0 aliphatic heterocycles. The minimum absolute atomic E-state index is 0. The summed E-state index contributed by atoms with van der Waals surface area (Å²) in [4.78, 5) is 4.40. The molecule has 0 aliphatic rings. The number of imidazole rings is 1. The van der Waals surface area contributed by atoms with Crippen molar-refractivity contribution >= 4 is 23.7 Å². The van der Waals surface area contributed by atoms with Gasteiger partial charge in [-0.05, 0) is 31.0 Å². The Bertz CT molecular complexity index is 476. The molecule has 0 amide bonds. The maximum absolute atomic E-state index is 4.40. The Hall–Kier alpha value is -0.337. The van der Waals surface area contributed by atoms with Gasteiger partial charge in [-0.2, -0.15) is 0 Å². The van der Waals surface area contributed by atoms with Crippen LogP contribution in [0.4, 0.5) is 0 Å². The number of hydrogen-bond donors (Lipinski definition) is 1. The van der Waals surface area contributed by atoms with Crippen molar-refractivity contribution in [2.45, 2.75) is 19.0 Å². The fraction of sp³-hybridized carbons (Fsp3) is 0.300. The van der Waals surface area contributed by atoms with Crippen LogP contribution in [0.2, 0.25) is 0 Å². The molecule has 2 rings (SSSR count). The zero-order chi connectivity index (χ0) is 9.59. The summed E-state index contributed by atoms with van der Waals surface area (Å²) in [5.41, 5.74) is 4.73. The van der Waals surface area contributed by atoms with E-state index in [1.54, 1.807) is 0 Å². The van der Waals surface area contributed by atoms with Crippen LogP contribution in [0.1, 0.15) is 11.1 Å². The minimum atomic E-state index is 0. The molecule has 1 aromatic heterocycles. The van der Waals surface area contributed by atoms with Gasteiger partial charge < -0.3 is 4.57 Å². The number of aromatic nitrogens is 2. The van der Waals surface area contributed by atoms with Gasteiger partial charge in [0.1, 0.15) is 0 Å². The van der Waals surface area contributed by atoms with Gasteiger partial charge in [-0.25, -0.2) is 4.98 Å². The number of aryl methyl sites for hydroxylation is 3. The molecule has 0 saturated heterocycles. The zero-order valence-electron chi connectivity index (χ0n) is 8.70. The van der Waals surface area contributed by atoms with E-state index in [0.29, 0.717) is 0 Å². The fourth-order valence-electron chi connectivity index (χ4n) is 1.48. The van der Waals surface area contributed by atoms with E-state index in [1.807, 2.05) is 11.6 Å². The summed E-state index contributed by atoms with van der Waals surface area (Å²) in [6, 6.07) is 4.21. The van der Waals surface area contributed by atoms with Gasteiger partial charge in [0, 0.05) is 26.5 Å². The first-order valence-corrected chi connectivity index (χ1v) is 4.67. The van der Waals surface area contributed by atoms with E-state index in [1.165, 1.54) is 11.1 Å². The van der Waals surface area contributed by atoms with Crippen LogP contribution in [0, 0.1) is 13.8 Å². The van der Waals surface area contributed by atoms with Crippen molar-refractivity contribution in [3.8, 4) is 0 Å². The van der Waals surface area contributed by atoms with Crippen molar-refractivity contribution in [1.29, 1.82) is 0 Å². The van der Waals surface area contributed by atoms with Crippen molar-refractivity contribution < 1.29 is 19.5 Å².